The van der Waals surface area contributed by atoms with Gasteiger partial charge in [-0.15, -0.1) is 0 Å². The number of halogens is 2. The number of aromatic amines is 1. The molecular weight excluding hydrogens is 229 g/mol. The van der Waals surface area contributed by atoms with Crippen LogP contribution in [0.2, 0.25) is 0 Å². The summed E-state index contributed by atoms with van der Waals surface area (Å²) >= 11 is 3.13. The van der Waals surface area contributed by atoms with Gasteiger partial charge in [-0.2, -0.15) is 0 Å². The van der Waals surface area contributed by atoms with Crippen LogP contribution >= 0.6 is 15.9 Å². The molecular formula is C7H3BrFNO2. The summed E-state index contributed by atoms with van der Waals surface area (Å²) in [6, 6.07) is 2.73. The first-order valence-electron chi connectivity index (χ1n) is 3.15. The second kappa shape index (κ2) is 2.45. The number of hydrogen-bond donors (Lipinski definition) is 1. The highest BCUT2D eigenvalue weighted by Crippen LogP contribution is 2.23. The topological polar surface area (TPSA) is 46.0 Å². The Morgan fingerprint density at radius 2 is 2.25 bits per heavy atom. The Kier molecular flexibility index (Phi) is 1.54. The van der Waals surface area contributed by atoms with Crippen molar-refractivity contribution >= 4 is 27.0 Å². The largest absolute Gasteiger partial charge is 0.417 e. The summed E-state index contributed by atoms with van der Waals surface area (Å²) in [4.78, 5) is 12.9. The van der Waals surface area contributed by atoms with E-state index in [0.717, 1.165) is 0 Å². The number of aromatic nitrogens is 1. The first kappa shape index (κ1) is 7.54. The molecule has 0 aliphatic rings. The fraction of sp³-hybridized carbons (Fsp3) is 0. The Bertz CT molecular complexity index is 446. The van der Waals surface area contributed by atoms with E-state index in [1.165, 1.54) is 12.1 Å². The Balaban J connectivity index is 3.03. The number of nitrogens with one attached hydrogen (secondary N) is 1. The van der Waals surface area contributed by atoms with Crippen molar-refractivity contribution in [2.45, 2.75) is 0 Å². The fourth-order valence-electron chi connectivity index (χ4n) is 0.970. The van der Waals surface area contributed by atoms with Crippen molar-refractivity contribution in [2.24, 2.45) is 0 Å². The van der Waals surface area contributed by atoms with E-state index in [1.54, 1.807) is 0 Å². The van der Waals surface area contributed by atoms with Crippen LogP contribution in [0.1, 0.15) is 0 Å². The van der Waals surface area contributed by atoms with E-state index in [0.29, 0.717) is 4.47 Å². The van der Waals surface area contributed by atoms with E-state index in [2.05, 4.69) is 25.3 Å². The highest BCUT2D eigenvalue weighted by molar-refractivity contribution is 9.10. The molecule has 1 heterocycles. The lowest BCUT2D eigenvalue weighted by Gasteiger charge is -1.91. The standard InChI is InChI=1S/C7H3BrFNO2/c8-3-1-2-4(9)5-6(3)12-7(11)10-5/h1-2H,(H,10,11). The van der Waals surface area contributed by atoms with Gasteiger partial charge < -0.3 is 4.42 Å². The summed E-state index contributed by atoms with van der Waals surface area (Å²) in [7, 11) is 0. The summed E-state index contributed by atoms with van der Waals surface area (Å²) in [5.41, 5.74) is 0.300. The average Bonchev–Trinajstić information content (AvgIpc) is 2.41. The molecule has 1 aromatic heterocycles. The molecule has 0 saturated carbocycles. The molecule has 0 bridgehead atoms. The summed E-state index contributed by atoms with van der Waals surface area (Å²) in [6.45, 7) is 0. The predicted octanol–water partition coefficient (Wildman–Crippen LogP) is 2.02. The van der Waals surface area contributed by atoms with Crippen molar-refractivity contribution in [3.05, 3.63) is 33.0 Å². The van der Waals surface area contributed by atoms with Gasteiger partial charge in [0.15, 0.2) is 11.4 Å². The lowest BCUT2D eigenvalue weighted by molar-refractivity contribution is 0.553. The smallest absolute Gasteiger partial charge is 0.407 e. The van der Waals surface area contributed by atoms with E-state index < -0.39 is 11.6 Å². The van der Waals surface area contributed by atoms with E-state index >= 15 is 0 Å². The van der Waals surface area contributed by atoms with E-state index in [-0.39, 0.29) is 11.1 Å². The highest BCUT2D eigenvalue weighted by atomic mass is 79.9. The molecule has 0 spiro atoms. The van der Waals surface area contributed by atoms with Gasteiger partial charge in [-0.25, -0.2) is 9.18 Å². The normalized spacial score (nSPS) is 10.8. The number of H-pyrrole nitrogens is 1. The maximum Gasteiger partial charge on any atom is 0.417 e. The molecule has 0 amide bonds. The molecule has 12 heavy (non-hydrogen) atoms. The lowest BCUT2D eigenvalue weighted by Crippen LogP contribution is -1.93. The third-order valence-electron chi connectivity index (χ3n) is 1.48. The van der Waals surface area contributed by atoms with Gasteiger partial charge in [0.05, 0.1) is 4.47 Å². The van der Waals surface area contributed by atoms with Crippen molar-refractivity contribution in [1.29, 1.82) is 0 Å². The van der Waals surface area contributed by atoms with Crippen LogP contribution in [0.15, 0.2) is 25.8 Å². The highest BCUT2D eigenvalue weighted by Gasteiger charge is 2.08. The van der Waals surface area contributed by atoms with Crippen molar-refractivity contribution in [2.75, 3.05) is 0 Å². The molecule has 0 fully saturated rings. The molecule has 2 rings (SSSR count). The fourth-order valence-corrected chi connectivity index (χ4v) is 1.38. The molecule has 0 aliphatic heterocycles. The SMILES string of the molecule is O=c1[nH]c2c(F)ccc(Br)c2o1. The average molecular weight is 232 g/mol. The maximum absolute atomic E-state index is 12.9. The molecule has 0 radical (unpaired) electrons. The van der Waals surface area contributed by atoms with E-state index in [9.17, 15) is 9.18 Å². The molecule has 2 aromatic rings. The second-order valence-corrected chi connectivity index (χ2v) is 3.10. The Morgan fingerprint density at radius 3 is 2.92 bits per heavy atom. The quantitative estimate of drug-likeness (QED) is 0.755. The first-order valence-corrected chi connectivity index (χ1v) is 3.94. The Hall–Kier alpha value is -1.10. The minimum absolute atomic E-state index is 0.0920. The van der Waals surface area contributed by atoms with Gasteiger partial charge in [0, 0.05) is 0 Å². The third kappa shape index (κ3) is 0.972. The van der Waals surface area contributed by atoms with Crippen LogP contribution < -0.4 is 5.76 Å². The molecule has 1 N–H and O–H groups in total. The molecule has 0 saturated heterocycles. The Labute approximate surface area is 74.3 Å². The number of fused-ring (bicyclic) bond motifs is 1. The van der Waals surface area contributed by atoms with Gasteiger partial charge in [0.25, 0.3) is 0 Å². The van der Waals surface area contributed by atoms with Crippen molar-refractivity contribution < 1.29 is 8.81 Å². The van der Waals surface area contributed by atoms with Crippen molar-refractivity contribution in [1.82, 2.24) is 4.98 Å². The van der Waals surface area contributed by atoms with Crippen molar-refractivity contribution in [3.8, 4) is 0 Å². The maximum atomic E-state index is 12.9. The first-order chi connectivity index (χ1) is 5.68. The minimum atomic E-state index is -0.657. The molecule has 3 nitrogen and oxygen atoms in total. The molecule has 0 atom stereocenters. The monoisotopic (exact) mass is 231 g/mol. The van der Waals surface area contributed by atoms with Gasteiger partial charge >= 0.3 is 5.76 Å². The van der Waals surface area contributed by atoms with Crippen LogP contribution in [0, 0.1) is 5.82 Å². The third-order valence-corrected chi connectivity index (χ3v) is 2.11. The van der Waals surface area contributed by atoms with Gasteiger partial charge in [-0.1, -0.05) is 0 Å². The van der Waals surface area contributed by atoms with Gasteiger partial charge in [0.1, 0.15) is 5.52 Å². The summed E-state index contributed by atoms with van der Waals surface area (Å²) in [5, 5.41) is 0. The van der Waals surface area contributed by atoms with Gasteiger partial charge in [0.2, 0.25) is 0 Å². The van der Waals surface area contributed by atoms with Crippen LogP contribution in [-0.2, 0) is 0 Å². The predicted molar refractivity (Wildman–Crippen MR) is 44.5 cm³/mol. The summed E-state index contributed by atoms with van der Waals surface area (Å²) < 4.78 is 18.2. The van der Waals surface area contributed by atoms with Crippen LogP contribution in [-0.4, -0.2) is 4.98 Å². The number of benzene rings is 1. The van der Waals surface area contributed by atoms with Crippen LogP contribution in [0.5, 0.6) is 0 Å². The van der Waals surface area contributed by atoms with E-state index in [1.807, 2.05) is 0 Å². The summed E-state index contributed by atoms with van der Waals surface area (Å²) in [5.74, 6) is -1.16. The molecule has 5 heteroatoms. The zero-order valence-electron chi connectivity index (χ0n) is 5.73. The van der Waals surface area contributed by atoms with E-state index in [4.69, 9.17) is 0 Å². The van der Waals surface area contributed by atoms with Crippen LogP contribution in [0.25, 0.3) is 11.1 Å². The number of rotatable bonds is 0. The van der Waals surface area contributed by atoms with Gasteiger partial charge in [-0.05, 0) is 28.1 Å². The second-order valence-electron chi connectivity index (χ2n) is 2.25. The molecule has 62 valence electrons. The summed E-state index contributed by atoms with van der Waals surface area (Å²) in [6.07, 6.45) is 0. The molecule has 0 unspecified atom stereocenters. The van der Waals surface area contributed by atoms with Gasteiger partial charge in [-0.3, -0.25) is 4.98 Å². The number of oxazole rings is 1. The van der Waals surface area contributed by atoms with Crippen LogP contribution in [0.3, 0.4) is 0 Å². The zero-order valence-corrected chi connectivity index (χ0v) is 7.31. The minimum Gasteiger partial charge on any atom is -0.407 e. The zero-order chi connectivity index (χ0) is 8.72. The molecule has 0 aliphatic carbocycles. The lowest BCUT2D eigenvalue weighted by atomic mass is 10.3. The van der Waals surface area contributed by atoms with Crippen LogP contribution in [0.4, 0.5) is 4.39 Å². The number of hydrogen-bond acceptors (Lipinski definition) is 2. The molecule has 1 aromatic carbocycles. The van der Waals surface area contributed by atoms with Crippen molar-refractivity contribution in [3.63, 3.8) is 0 Å². The Morgan fingerprint density at radius 1 is 1.50 bits per heavy atom.